The minimum atomic E-state index is -0.736. The van der Waals surface area contributed by atoms with Gasteiger partial charge in [0.25, 0.3) is 11.5 Å². The molecule has 2 aromatic carbocycles. The maximum absolute atomic E-state index is 12.8. The molecule has 144 valence electrons. The molecule has 0 unspecified atom stereocenters. The Kier molecular flexibility index (Phi) is 4.58. The zero-order valence-corrected chi connectivity index (χ0v) is 15.0. The summed E-state index contributed by atoms with van der Waals surface area (Å²) in [6, 6.07) is 13.3. The highest BCUT2D eigenvalue weighted by Crippen LogP contribution is 2.32. The Balaban J connectivity index is 1.63. The molecular formula is C20H14N4O5. The highest BCUT2D eigenvalue weighted by Gasteiger charge is 2.17. The van der Waals surface area contributed by atoms with Gasteiger partial charge in [0.2, 0.25) is 6.79 Å². The molecule has 3 aromatic rings. The molecule has 0 bridgehead atoms. The maximum Gasteiger partial charge on any atom is 0.328 e. The number of carbonyl (C=O) groups is 1. The first-order chi connectivity index (χ1) is 14.0. The van der Waals surface area contributed by atoms with Crippen molar-refractivity contribution in [3.8, 4) is 17.6 Å². The van der Waals surface area contributed by atoms with E-state index < -0.39 is 17.2 Å². The zero-order valence-electron chi connectivity index (χ0n) is 15.0. The normalized spacial score (nSPS) is 11.7. The molecule has 9 heteroatoms. The van der Waals surface area contributed by atoms with Gasteiger partial charge in [-0.1, -0.05) is 12.1 Å². The van der Waals surface area contributed by atoms with Gasteiger partial charge in [-0.3, -0.25) is 14.2 Å². The van der Waals surface area contributed by atoms with E-state index in [0.29, 0.717) is 28.3 Å². The molecule has 9 nitrogen and oxygen atoms in total. The number of nitrogens with zero attached hydrogens (tertiary/aromatic N) is 2. The first-order valence-corrected chi connectivity index (χ1v) is 8.58. The molecule has 2 N–H and O–H groups in total. The summed E-state index contributed by atoms with van der Waals surface area (Å²) in [5.74, 6) is 0.418. The Labute approximate surface area is 163 Å². The molecule has 1 amide bonds. The van der Waals surface area contributed by atoms with E-state index in [1.54, 1.807) is 36.4 Å². The van der Waals surface area contributed by atoms with Crippen molar-refractivity contribution in [3.63, 3.8) is 0 Å². The summed E-state index contributed by atoms with van der Waals surface area (Å²) in [6.07, 6.45) is 1.07. The summed E-state index contributed by atoms with van der Waals surface area (Å²) in [7, 11) is 0. The van der Waals surface area contributed by atoms with Crippen LogP contribution in [0.1, 0.15) is 21.5 Å². The minimum absolute atomic E-state index is 0.0458. The van der Waals surface area contributed by atoms with Crippen LogP contribution in [-0.4, -0.2) is 22.3 Å². The van der Waals surface area contributed by atoms with Crippen LogP contribution in [0.2, 0.25) is 0 Å². The Morgan fingerprint density at radius 2 is 2.00 bits per heavy atom. The molecular weight excluding hydrogens is 376 g/mol. The number of nitrogens with one attached hydrogen (secondary N) is 2. The summed E-state index contributed by atoms with van der Waals surface area (Å²) in [5, 5.41) is 11.5. The van der Waals surface area contributed by atoms with Crippen molar-refractivity contribution in [2.45, 2.75) is 6.54 Å². The number of fused-ring (bicyclic) bond motifs is 1. The Morgan fingerprint density at radius 1 is 1.17 bits per heavy atom. The van der Waals surface area contributed by atoms with E-state index in [0.717, 1.165) is 10.8 Å². The first kappa shape index (κ1) is 18.1. The van der Waals surface area contributed by atoms with Gasteiger partial charge < -0.3 is 19.8 Å². The molecule has 0 saturated carbocycles. The van der Waals surface area contributed by atoms with Crippen LogP contribution in [-0.2, 0) is 6.54 Å². The van der Waals surface area contributed by atoms with Gasteiger partial charge in [-0.05, 0) is 35.9 Å². The van der Waals surface area contributed by atoms with Gasteiger partial charge in [0.15, 0.2) is 11.5 Å². The van der Waals surface area contributed by atoms with Crippen LogP contribution in [0.15, 0.2) is 58.3 Å². The largest absolute Gasteiger partial charge is 0.454 e. The molecule has 4 rings (SSSR count). The van der Waals surface area contributed by atoms with Crippen molar-refractivity contribution in [1.29, 1.82) is 5.26 Å². The third-order valence-corrected chi connectivity index (χ3v) is 4.33. The predicted molar refractivity (Wildman–Crippen MR) is 102 cm³/mol. The molecule has 0 spiro atoms. The van der Waals surface area contributed by atoms with Crippen LogP contribution < -0.4 is 26.0 Å². The monoisotopic (exact) mass is 390 g/mol. The average Bonchev–Trinajstić information content (AvgIpc) is 3.19. The van der Waals surface area contributed by atoms with Crippen LogP contribution in [0.4, 0.5) is 5.69 Å². The second kappa shape index (κ2) is 7.36. The van der Waals surface area contributed by atoms with Crippen molar-refractivity contribution in [1.82, 2.24) is 9.55 Å². The number of rotatable bonds is 4. The second-order valence-electron chi connectivity index (χ2n) is 6.23. The predicted octanol–water partition coefficient (Wildman–Crippen LogP) is 1.44. The van der Waals surface area contributed by atoms with Gasteiger partial charge >= 0.3 is 5.69 Å². The number of hydrogen-bond acceptors (Lipinski definition) is 6. The number of hydrogen-bond donors (Lipinski definition) is 2. The molecule has 0 aliphatic carbocycles. The first-order valence-electron chi connectivity index (χ1n) is 8.58. The molecule has 1 aromatic heterocycles. The summed E-state index contributed by atoms with van der Waals surface area (Å²) < 4.78 is 11.5. The van der Waals surface area contributed by atoms with E-state index in [-0.39, 0.29) is 18.9 Å². The number of aromatic amines is 1. The van der Waals surface area contributed by atoms with Crippen LogP contribution >= 0.6 is 0 Å². The summed E-state index contributed by atoms with van der Waals surface area (Å²) in [5.41, 5.74) is -0.239. The lowest BCUT2D eigenvalue weighted by atomic mass is 10.2. The van der Waals surface area contributed by atoms with Crippen LogP contribution in [0.5, 0.6) is 11.5 Å². The number of nitriles is 1. The highest BCUT2D eigenvalue weighted by molar-refractivity contribution is 6.03. The fourth-order valence-electron chi connectivity index (χ4n) is 2.90. The van der Waals surface area contributed by atoms with Gasteiger partial charge in [-0.15, -0.1) is 0 Å². The Morgan fingerprint density at radius 3 is 2.83 bits per heavy atom. The van der Waals surface area contributed by atoms with Crippen LogP contribution in [0.3, 0.4) is 0 Å². The molecule has 0 atom stereocenters. The number of H-pyrrole nitrogens is 1. The minimum Gasteiger partial charge on any atom is -0.454 e. The third-order valence-electron chi connectivity index (χ3n) is 4.33. The van der Waals surface area contributed by atoms with E-state index >= 15 is 0 Å². The molecule has 0 radical (unpaired) electrons. The van der Waals surface area contributed by atoms with Crippen molar-refractivity contribution < 1.29 is 14.3 Å². The van der Waals surface area contributed by atoms with E-state index in [1.165, 1.54) is 6.07 Å². The number of amides is 1. The van der Waals surface area contributed by atoms with Crippen molar-refractivity contribution in [2.75, 3.05) is 12.1 Å². The summed E-state index contributed by atoms with van der Waals surface area (Å²) in [6.45, 7) is 0.0673. The van der Waals surface area contributed by atoms with Crippen molar-refractivity contribution >= 4 is 11.6 Å². The SMILES string of the molecule is N#Cc1cccc(NC(=O)c2c[nH]c(=O)n(Cc3ccc4c(c3)OCO4)c2=O)c1. The number of ether oxygens (including phenoxy) is 2. The Hall–Kier alpha value is -4.32. The smallest absolute Gasteiger partial charge is 0.328 e. The third kappa shape index (κ3) is 3.59. The fourth-order valence-corrected chi connectivity index (χ4v) is 2.90. The maximum atomic E-state index is 12.8. The Bertz CT molecular complexity index is 1270. The molecule has 2 heterocycles. The lowest BCUT2D eigenvalue weighted by Gasteiger charge is -2.09. The van der Waals surface area contributed by atoms with Crippen LogP contribution in [0, 0.1) is 11.3 Å². The second-order valence-corrected chi connectivity index (χ2v) is 6.23. The standard InChI is InChI=1S/C20H14N4O5/c21-8-12-2-1-3-14(6-12)23-18(25)15-9-22-20(27)24(19(15)26)10-13-4-5-16-17(7-13)29-11-28-16/h1-7,9H,10-11H2,(H,22,27)(H,23,25). The van der Waals surface area contributed by atoms with Crippen molar-refractivity contribution in [3.05, 3.63) is 86.2 Å². The number of carbonyl (C=O) groups excluding carboxylic acids is 1. The average molecular weight is 390 g/mol. The molecule has 1 aliphatic rings. The van der Waals surface area contributed by atoms with Crippen molar-refractivity contribution in [2.24, 2.45) is 0 Å². The summed E-state index contributed by atoms with van der Waals surface area (Å²) in [4.78, 5) is 39.9. The van der Waals surface area contributed by atoms with E-state index in [2.05, 4.69) is 10.3 Å². The van der Waals surface area contributed by atoms with Gasteiger partial charge in [-0.25, -0.2) is 4.79 Å². The zero-order chi connectivity index (χ0) is 20.4. The number of benzene rings is 2. The fraction of sp³-hybridized carbons (Fsp3) is 0.100. The molecule has 0 fully saturated rings. The lowest BCUT2D eigenvalue weighted by Crippen LogP contribution is -2.39. The van der Waals surface area contributed by atoms with E-state index in [1.807, 2.05) is 6.07 Å². The highest BCUT2D eigenvalue weighted by atomic mass is 16.7. The lowest BCUT2D eigenvalue weighted by molar-refractivity contribution is 0.102. The van der Waals surface area contributed by atoms with Gasteiger partial charge in [0.05, 0.1) is 18.2 Å². The van der Waals surface area contributed by atoms with Gasteiger partial charge in [-0.2, -0.15) is 5.26 Å². The molecule has 1 aliphatic heterocycles. The summed E-state index contributed by atoms with van der Waals surface area (Å²) >= 11 is 0. The quantitative estimate of drug-likeness (QED) is 0.694. The molecule has 0 saturated heterocycles. The van der Waals surface area contributed by atoms with Crippen LogP contribution in [0.25, 0.3) is 0 Å². The molecule has 29 heavy (non-hydrogen) atoms. The van der Waals surface area contributed by atoms with E-state index in [4.69, 9.17) is 14.7 Å². The topological polar surface area (TPSA) is 126 Å². The van der Waals surface area contributed by atoms with E-state index in [9.17, 15) is 14.4 Å². The number of aromatic nitrogens is 2. The number of anilines is 1. The van der Waals surface area contributed by atoms with Gasteiger partial charge in [0, 0.05) is 11.9 Å². The van der Waals surface area contributed by atoms with Gasteiger partial charge in [0.1, 0.15) is 5.56 Å².